The summed E-state index contributed by atoms with van der Waals surface area (Å²) in [5.41, 5.74) is 1.00. The maximum atomic E-state index is 11.9. The van der Waals surface area contributed by atoms with Crippen LogP contribution in [0.3, 0.4) is 0 Å². The molecule has 0 aromatic carbocycles. The summed E-state index contributed by atoms with van der Waals surface area (Å²) in [6.07, 6.45) is 4.12. The summed E-state index contributed by atoms with van der Waals surface area (Å²) >= 11 is 0. The van der Waals surface area contributed by atoms with E-state index in [0.29, 0.717) is 5.69 Å². The molecule has 0 aliphatic rings. The Morgan fingerprint density at radius 3 is 2.70 bits per heavy atom. The van der Waals surface area contributed by atoms with E-state index in [2.05, 4.69) is 19.7 Å². The third-order valence-corrected chi connectivity index (χ3v) is 3.86. The highest BCUT2D eigenvalue weighted by molar-refractivity contribution is 7.89. The van der Waals surface area contributed by atoms with Gasteiger partial charge in [-0.1, -0.05) is 0 Å². The van der Waals surface area contributed by atoms with Crippen LogP contribution in [-0.4, -0.2) is 34.4 Å². The van der Waals surface area contributed by atoms with Crippen LogP contribution in [0.1, 0.15) is 21.9 Å². The normalized spacial score (nSPS) is 11.4. The van der Waals surface area contributed by atoms with Gasteiger partial charge in [-0.3, -0.25) is 9.97 Å². The first kappa shape index (κ1) is 14.2. The van der Waals surface area contributed by atoms with Crippen LogP contribution in [-0.2, 0) is 16.6 Å². The number of hydrogen-bond donors (Lipinski definition) is 3. The molecule has 0 amide bonds. The first-order valence-corrected chi connectivity index (χ1v) is 7.06. The first-order chi connectivity index (χ1) is 9.38. The van der Waals surface area contributed by atoms with E-state index in [-0.39, 0.29) is 17.1 Å². The Morgan fingerprint density at radius 1 is 1.40 bits per heavy atom. The molecule has 20 heavy (non-hydrogen) atoms. The third-order valence-electron chi connectivity index (χ3n) is 2.47. The fourth-order valence-corrected chi connectivity index (χ4v) is 2.41. The number of carboxylic acids is 1. The van der Waals surface area contributed by atoms with Gasteiger partial charge in [-0.2, -0.15) is 0 Å². The lowest BCUT2D eigenvalue weighted by Crippen LogP contribution is -2.23. The summed E-state index contributed by atoms with van der Waals surface area (Å²) in [5.74, 6) is -1.23. The molecule has 9 heteroatoms. The van der Waals surface area contributed by atoms with E-state index in [0.717, 1.165) is 18.0 Å². The topological polar surface area (TPSA) is 125 Å². The number of carboxylic acid groups (broad SMARTS) is 1. The Labute approximate surface area is 114 Å². The van der Waals surface area contributed by atoms with Crippen molar-refractivity contribution in [1.82, 2.24) is 19.7 Å². The van der Waals surface area contributed by atoms with Crippen molar-refractivity contribution >= 4 is 16.0 Å². The molecule has 0 unspecified atom stereocenters. The molecule has 0 radical (unpaired) electrons. The highest BCUT2D eigenvalue weighted by Crippen LogP contribution is 2.11. The van der Waals surface area contributed by atoms with E-state index in [1.165, 1.54) is 12.4 Å². The molecule has 2 aromatic rings. The lowest BCUT2D eigenvalue weighted by molar-refractivity contribution is 0.0691. The average Bonchev–Trinajstić information content (AvgIpc) is 2.89. The van der Waals surface area contributed by atoms with E-state index >= 15 is 0 Å². The van der Waals surface area contributed by atoms with Crippen LogP contribution < -0.4 is 4.72 Å². The predicted molar refractivity (Wildman–Crippen MR) is 68.5 cm³/mol. The van der Waals surface area contributed by atoms with Crippen molar-refractivity contribution < 1.29 is 18.3 Å². The minimum absolute atomic E-state index is 0.0246. The molecule has 0 spiro atoms. The molecule has 2 rings (SSSR count). The average molecular weight is 296 g/mol. The summed E-state index contributed by atoms with van der Waals surface area (Å²) < 4.78 is 26.2. The van der Waals surface area contributed by atoms with Gasteiger partial charge >= 0.3 is 5.97 Å². The number of nitrogens with zero attached hydrogens (tertiary/aromatic N) is 2. The second-order valence-corrected chi connectivity index (χ2v) is 5.79. The Kier molecular flexibility index (Phi) is 3.81. The van der Waals surface area contributed by atoms with Crippen LogP contribution in [0.4, 0.5) is 0 Å². The Hall–Kier alpha value is -2.26. The van der Waals surface area contributed by atoms with Crippen molar-refractivity contribution in [2.24, 2.45) is 0 Å². The van der Waals surface area contributed by atoms with Crippen LogP contribution >= 0.6 is 0 Å². The number of aryl methyl sites for hydroxylation is 1. The molecule has 0 aliphatic heterocycles. The lowest BCUT2D eigenvalue weighted by atomic mass is 10.4. The lowest BCUT2D eigenvalue weighted by Gasteiger charge is -2.04. The number of nitrogens with one attached hydrogen (secondary N) is 2. The summed E-state index contributed by atoms with van der Waals surface area (Å²) in [6.45, 7) is 1.75. The quantitative estimate of drug-likeness (QED) is 0.728. The number of aromatic amines is 1. The molecule has 3 N–H and O–H groups in total. The minimum atomic E-state index is -3.79. The zero-order chi connectivity index (χ0) is 14.8. The van der Waals surface area contributed by atoms with Gasteiger partial charge in [0.25, 0.3) is 0 Å². The van der Waals surface area contributed by atoms with Crippen molar-refractivity contribution in [3.63, 3.8) is 0 Å². The molecule has 0 bridgehead atoms. The third kappa shape index (κ3) is 3.19. The van der Waals surface area contributed by atoms with Gasteiger partial charge in [-0.25, -0.2) is 17.9 Å². The van der Waals surface area contributed by atoms with E-state index in [1.54, 1.807) is 6.92 Å². The molecule has 0 atom stereocenters. The molecule has 8 nitrogen and oxygen atoms in total. The van der Waals surface area contributed by atoms with Crippen LogP contribution in [0.15, 0.2) is 29.6 Å². The van der Waals surface area contributed by atoms with Gasteiger partial charge in [0, 0.05) is 12.4 Å². The van der Waals surface area contributed by atoms with Gasteiger partial charge in [0.1, 0.15) is 10.6 Å². The number of aromatic carboxylic acids is 1. The van der Waals surface area contributed by atoms with Gasteiger partial charge in [-0.05, 0) is 13.0 Å². The zero-order valence-electron chi connectivity index (χ0n) is 10.5. The van der Waals surface area contributed by atoms with Crippen LogP contribution in [0.5, 0.6) is 0 Å². The van der Waals surface area contributed by atoms with Crippen LogP contribution in [0.25, 0.3) is 0 Å². The summed E-state index contributed by atoms with van der Waals surface area (Å²) in [6, 6.07) is 1.05. The number of hydrogen-bond acceptors (Lipinski definition) is 5. The number of rotatable bonds is 5. The number of aromatic nitrogens is 3. The predicted octanol–water partition coefficient (Wildman–Crippen LogP) is 0.290. The van der Waals surface area contributed by atoms with Crippen molar-refractivity contribution in [3.8, 4) is 0 Å². The maximum Gasteiger partial charge on any atom is 0.352 e. The smallest absolute Gasteiger partial charge is 0.352 e. The second kappa shape index (κ2) is 5.39. The van der Waals surface area contributed by atoms with Gasteiger partial charge in [-0.15, -0.1) is 0 Å². The fourth-order valence-electron chi connectivity index (χ4n) is 1.42. The first-order valence-electron chi connectivity index (χ1n) is 5.57. The molecule has 0 aliphatic carbocycles. The van der Waals surface area contributed by atoms with Crippen molar-refractivity contribution in [2.45, 2.75) is 18.4 Å². The molecular formula is C11H12N4O4S. The SMILES string of the molecule is Cc1cnc(CNS(=O)(=O)c2c[nH]c(C(=O)O)c2)cn1. The Bertz CT molecular complexity index is 721. The van der Waals surface area contributed by atoms with Crippen LogP contribution in [0, 0.1) is 6.92 Å². The standard InChI is InChI=1S/C11H12N4O4S/c1-7-3-13-8(4-12-7)5-15-20(18,19)9-2-10(11(16)17)14-6-9/h2-4,6,14-15H,5H2,1H3,(H,16,17). The summed E-state index contributed by atoms with van der Waals surface area (Å²) in [5, 5.41) is 8.73. The molecular weight excluding hydrogens is 284 g/mol. The molecule has 2 heterocycles. The molecule has 106 valence electrons. The van der Waals surface area contributed by atoms with E-state index in [1.807, 2.05) is 0 Å². The second-order valence-electron chi connectivity index (χ2n) is 4.03. The summed E-state index contributed by atoms with van der Waals surface area (Å²) in [7, 11) is -3.79. The van der Waals surface area contributed by atoms with E-state index in [4.69, 9.17) is 5.11 Å². The van der Waals surface area contributed by atoms with Gasteiger partial charge < -0.3 is 10.1 Å². The molecule has 0 saturated carbocycles. The maximum absolute atomic E-state index is 11.9. The van der Waals surface area contributed by atoms with E-state index in [9.17, 15) is 13.2 Å². The van der Waals surface area contributed by atoms with Crippen LogP contribution in [0.2, 0.25) is 0 Å². The summed E-state index contributed by atoms with van der Waals surface area (Å²) in [4.78, 5) is 20.9. The van der Waals surface area contributed by atoms with Gasteiger partial charge in [0.05, 0.1) is 24.1 Å². The van der Waals surface area contributed by atoms with E-state index < -0.39 is 16.0 Å². The highest BCUT2D eigenvalue weighted by Gasteiger charge is 2.18. The van der Waals surface area contributed by atoms with Crippen molar-refractivity contribution in [1.29, 1.82) is 0 Å². The van der Waals surface area contributed by atoms with Gasteiger partial charge in [0.15, 0.2) is 0 Å². The number of carbonyl (C=O) groups is 1. The monoisotopic (exact) mass is 296 g/mol. The highest BCUT2D eigenvalue weighted by atomic mass is 32.2. The van der Waals surface area contributed by atoms with Crippen molar-refractivity contribution in [2.75, 3.05) is 0 Å². The Balaban J connectivity index is 2.10. The molecule has 0 fully saturated rings. The minimum Gasteiger partial charge on any atom is -0.477 e. The molecule has 2 aromatic heterocycles. The fraction of sp³-hybridized carbons (Fsp3) is 0.182. The number of sulfonamides is 1. The van der Waals surface area contributed by atoms with Crippen molar-refractivity contribution in [3.05, 3.63) is 41.7 Å². The number of H-pyrrole nitrogens is 1. The Morgan fingerprint density at radius 2 is 2.15 bits per heavy atom. The molecule has 0 saturated heterocycles. The zero-order valence-corrected chi connectivity index (χ0v) is 11.3. The largest absolute Gasteiger partial charge is 0.477 e. The van der Waals surface area contributed by atoms with Gasteiger partial charge in [0.2, 0.25) is 10.0 Å².